The number of esters is 1. The van der Waals surface area contributed by atoms with E-state index in [9.17, 15) is 9.59 Å². The zero-order valence-corrected chi connectivity index (χ0v) is 18.1. The highest BCUT2D eigenvalue weighted by atomic mass is 32.1. The van der Waals surface area contributed by atoms with Gasteiger partial charge in [-0.1, -0.05) is 23.5 Å². The average Bonchev–Trinajstić information content (AvgIpc) is 3.17. The van der Waals surface area contributed by atoms with Gasteiger partial charge in [0, 0.05) is 0 Å². The Hall–Kier alpha value is -3.19. The monoisotopic (exact) mass is 422 g/mol. The van der Waals surface area contributed by atoms with Gasteiger partial charge in [-0.05, 0) is 74.7 Å². The van der Waals surface area contributed by atoms with Crippen LogP contribution >= 0.6 is 11.3 Å². The third-order valence-corrected chi connectivity index (χ3v) is 5.72. The van der Waals surface area contributed by atoms with E-state index in [-0.39, 0.29) is 18.3 Å². The molecule has 0 aliphatic carbocycles. The third-order valence-electron chi connectivity index (χ3n) is 4.76. The maximum Gasteiger partial charge on any atom is 0.344 e. The smallest absolute Gasteiger partial charge is 0.344 e. The molecule has 0 radical (unpaired) electrons. The standard InChI is InChI=1S/C23H22N2O4S/c1-13(2)29-21(26)12-28-17-7-5-16(6-8-17)11-20-22(27)25-19-10-15(4)14(3)9-18(19)24-23(25)30-20/h5-11,13H,12H2,1-4H3. The van der Waals surface area contributed by atoms with Gasteiger partial charge >= 0.3 is 5.97 Å². The summed E-state index contributed by atoms with van der Waals surface area (Å²) in [4.78, 5) is 29.8. The minimum absolute atomic E-state index is 0.0717. The predicted octanol–water partition coefficient (Wildman–Crippen LogP) is 3.40. The van der Waals surface area contributed by atoms with E-state index in [0.717, 1.165) is 27.7 Å². The molecule has 0 amide bonds. The van der Waals surface area contributed by atoms with E-state index in [4.69, 9.17) is 9.47 Å². The van der Waals surface area contributed by atoms with Crippen molar-refractivity contribution in [2.45, 2.75) is 33.8 Å². The van der Waals surface area contributed by atoms with Crippen LogP contribution in [0.15, 0.2) is 41.2 Å². The summed E-state index contributed by atoms with van der Waals surface area (Å²) >= 11 is 1.37. The summed E-state index contributed by atoms with van der Waals surface area (Å²) in [5.74, 6) is 0.157. The molecule has 6 nitrogen and oxygen atoms in total. The van der Waals surface area contributed by atoms with Crippen LogP contribution in [0.4, 0.5) is 0 Å². The van der Waals surface area contributed by atoms with Crippen LogP contribution < -0.4 is 14.8 Å². The van der Waals surface area contributed by atoms with Gasteiger partial charge in [0.2, 0.25) is 0 Å². The first-order valence-corrected chi connectivity index (χ1v) is 10.5. The van der Waals surface area contributed by atoms with E-state index in [1.165, 1.54) is 11.3 Å². The van der Waals surface area contributed by atoms with Crippen LogP contribution in [0.2, 0.25) is 0 Å². The van der Waals surface area contributed by atoms with Gasteiger partial charge in [-0.15, -0.1) is 0 Å². The third kappa shape index (κ3) is 3.93. The lowest BCUT2D eigenvalue weighted by Gasteiger charge is -2.09. The topological polar surface area (TPSA) is 69.9 Å². The fourth-order valence-electron chi connectivity index (χ4n) is 3.17. The largest absolute Gasteiger partial charge is 0.482 e. The molecule has 2 heterocycles. The molecule has 30 heavy (non-hydrogen) atoms. The Labute approximate surface area is 177 Å². The molecule has 4 rings (SSSR count). The molecule has 7 heteroatoms. The van der Waals surface area contributed by atoms with Crippen LogP contribution in [0.3, 0.4) is 0 Å². The molecule has 0 fully saturated rings. The van der Waals surface area contributed by atoms with E-state index >= 15 is 0 Å². The number of rotatable bonds is 5. The van der Waals surface area contributed by atoms with Gasteiger partial charge in [-0.2, -0.15) is 0 Å². The van der Waals surface area contributed by atoms with Gasteiger partial charge in [-0.3, -0.25) is 4.79 Å². The number of aryl methyl sites for hydroxylation is 2. The summed E-state index contributed by atoms with van der Waals surface area (Å²) in [6.45, 7) is 7.52. The maximum atomic E-state index is 13.0. The van der Waals surface area contributed by atoms with Gasteiger partial charge < -0.3 is 9.47 Å². The lowest BCUT2D eigenvalue weighted by molar-refractivity contribution is -0.149. The zero-order valence-electron chi connectivity index (χ0n) is 17.3. The number of imidazole rings is 1. The Bertz CT molecular complexity index is 1350. The Morgan fingerprint density at radius 2 is 1.87 bits per heavy atom. The molecule has 0 saturated heterocycles. The quantitative estimate of drug-likeness (QED) is 0.461. The highest BCUT2D eigenvalue weighted by Gasteiger charge is 2.12. The maximum absolute atomic E-state index is 13.0. The summed E-state index contributed by atoms with van der Waals surface area (Å²) in [6, 6.07) is 11.2. The zero-order chi connectivity index (χ0) is 21.4. The van der Waals surface area contributed by atoms with Crippen molar-refractivity contribution in [3.63, 3.8) is 0 Å². The van der Waals surface area contributed by atoms with Crippen LogP contribution in [0.5, 0.6) is 5.75 Å². The minimum atomic E-state index is -0.406. The number of benzene rings is 2. The number of nitrogens with zero attached hydrogens (tertiary/aromatic N) is 2. The molecule has 0 spiro atoms. The summed E-state index contributed by atoms with van der Waals surface area (Å²) in [7, 11) is 0. The molecule has 2 aromatic carbocycles. The lowest BCUT2D eigenvalue weighted by atomic mass is 10.1. The average molecular weight is 423 g/mol. The molecule has 0 atom stereocenters. The van der Waals surface area contributed by atoms with Crippen molar-refractivity contribution in [3.8, 4) is 5.75 Å². The van der Waals surface area contributed by atoms with E-state index in [2.05, 4.69) is 4.98 Å². The van der Waals surface area contributed by atoms with Crippen LogP contribution in [-0.2, 0) is 9.53 Å². The van der Waals surface area contributed by atoms with Gasteiger partial charge in [0.15, 0.2) is 11.6 Å². The van der Waals surface area contributed by atoms with Crippen molar-refractivity contribution in [2.24, 2.45) is 0 Å². The van der Waals surface area contributed by atoms with Crippen molar-refractivity contribution < 1.29 is 14.3 Å². The van der Waals surface area contributed by atoms with E-state index < -0.39 is 5.97 Å². The highest BCUT2D eigenvalue weighted by molar-refractivity contribution is 7.15. The number of aromatic nitrogens is 2. The van der Waals surface area contributed by atoms with Gasteiger partial charge in [0.1, 0.15) is 5.75 Å². The van der Waals surface area contributed by atoms with Gasteiger partial charge in [0.05, 0.1) is 21.7 Å². The summed E-state index contributed by atoms with van der Waals surface area (Å²) in [5.41, 5.74) is 4.76. The minimum Gasteiger partial charge on any atom is -0.482 e. The van der Waals surface area contributed by atoms with Gasteiger partial charge in [0.25, 0.3) is 5.56 Å². The fraction of sp³-hybridized carbons (Fsp3) is 0.261. The first-order chi connectivity index (χ1) is 14.3. The lowest BCUT2D eigenvalue weighted by Crippen LogP contribution is -2.22. The number of thiazole rings is 1. The number of hydrogen-bond donors (Lipinski definition) is 0. The Morgan fingerprint density at radius 1 is 1.17 bits per heavy atom. The van der Waals surface area contributed by atoms with Crippen LogP contribution in [0.25, 0.3) is 22.1 Å². The molecule has 0 aliphatic heterocycles. The van der Waals surface area contributed by atoms with E-state index in [1.807, 2.05) is 44.2 Å². The second-order valence-corrected chi connectivity index (χ2v) is 8.48. The predicted molar refractivity (Wildman–Crippen MR) is 118 cm³/mol. The van der Waals surface area contributed by atoms with Crippen molar-refractivity contribution in [2.75, 3.05) is 6.61 Å². The number of carbonyl (C=O) groups excluding carboxylic acids is 1. The number of hydrogen-bond acceptors (Lipinski definition) is 6. The van der Waals surface area contributed by atoms with Crippen molar-refractivity contribution in [1.29, 1.82) is 0 Å². The fourth-order valence-corrected chi connectivity index (χ4v) is 4.16. The van der Waals surface area contributed by atoms with Crippen molar-refractivity contribution in [1.82, 2.24) is 9.38 Å². The second kappa shape index (κ2) is 7.91. The molecule has 0 N–H and O–H groups in total. The molecular weight excluding hydrogens is 400 g/mol. The van der Waals surface area contributed by atoms with Crippen LogP contribution in [0, 0.1) is 13.8 Å². The van der Waals surface area contributed by atoms with Gasteiger partial charge in [-0.25, -0.2) is 14.2 Å². The molecule has 0 unspecified atom stereocenters. The Kier molecular flexibility index (Phi) is 5.30. The molecular formula is C23H22N2O4S. The van der Waals surface area contributed by atoms with E-state index in [0.29, 0.717) is 15.2 Å². The Balaban J connectivity index is 1.60. The summed E-state index contributed by atoms with van der Waals surface area (Å²) in [5, 5.41) is 0. The SMILES string of the molecule is Cc1cc2nc3sc(=Cc4ccc(OCC(=O)OC(C)C)cc4)c(=O)n3c2cc1C. The Morgan fingerprint density at radius 3 is 2.57 bits per heavy atom. The van der Waals surface area contributed by atoms with Crippen molar-refractivity contribution in [3.05, 3.63) is 68.0 Å². The normalized spacial score (nSPS) is 12.2. The van der Waals surface area contributed by atoms with Crippen LogP contribution in [-0.4, -0.2) is 28.1 Å². The molecule has 154 valence electrons. The molecule has 2 aromatic heterocycles. The second-order valence-electron chi connectivity index (χ2n) is 7.47. The van der Waals surface area contributed by atoms with Crippen molar-refractivity contribution >= 4 is 39.4 Å². The molecule has 0 aliphatic rings. The number of fused-ring (bicyclic) bond motifs is 3. The first-order valence-electron chi connectivity index (χ1n) is 9.68. The number of ether oxygens (including phenoxy) is 2. The highest BCUT2D eigenvalue weighted by Crippen LogP contribution is 2.21. The first kappa shape index (κ1) is 20.1. The van der Waals surface area contributed by atoms with E-state index in [1.54, 1.807) is 30.4 Å². The summed E-state index contributed by atoms with van der Waals surface area (Å²) < 4.78 is 12.8. The molecule has 4 aromatic rings. The van der Waals surface area contributed by atoms with Crippen LogP contribution in [0.1, 0.15) is 30.5 Å². The number of carbonyl (C=O) groups is 1. The molecule has 0 bridgehead atoms. The summed E-state index contributed by atoms with van der Waals surface area (Å²) in [6.07, 6.45) is 1.67. The molecule has 0 saturated carbocycles.